The molecule has 0 bridgehead atoms. The molecule has 1 aliphatic rings. The smallest absolute Gasteiger partial charge is 0.295 e. The number of carbonyl (C=O) groups excluding carboxylic acids is 2. The maximum absolute atomic E-state index is 13.0. The molecule has 1 fully saturated rings. The van der Waals surface area contributed by atoms with Crippen LogP contribution in [0.15, 0.2) is 84.7 Å². The van der Waals surface area contributed by atoms with E-state index in [1.54, 1.807) is 48.8 Å². The van der Waals surface area contributed by atoms with Crippen LogP contribution in [0.4, 0.5) is 0 Å². The monoisotopic (exact) mass is 457 g/mol. The number of aliphatic hydroxyl groups is 1. The zero-order valence-electron chi connectivity index (χ0n) is 19.2. The molecule has 0 spiro atoms. The molecule has 174 valence electrons. The van der Waals surface area contributed by atoms with E-state index >= 15 is 0 Å². The Hall–Kier alpha value is -3.97. The van der Waals surface area contributed by atoms with Crippen LogP contribution in [0.1, 0.15) is 22.7 Å². The molecule has 1 amide bonds. The number of carbonyl (C=O) groups is 2. The molecule has 7 heteroatoms. The second kappa shape index (κ2) is 10.3. The van der Waals surface area contributed by atoms with Crippen LogP contribution in [-0.2, 0) is 16.2 Å². The Bertz CT molecular complexity index is 1180. The molecule has 1 N–H and O–H groups in total. The highest BCUT2D eigenvalue weighted by Gasteiger charge is 2.45. The van der Waals surface area contributed by atoms with E-state index in [-0.39, 0.29) is 11.3 Å². The fraction of sp³-hybridized carbons (Fsp3) is 0.222. The number of aromatic nitrogens is 1. The first kappa shape index (κ1) is 23.2. The highest BCUT2D eigenvalue weighted by Crippen LogP contribution is 2.39. The van der Waals surface area contributed by atoms with Crippen LogP contribution in [0.25, 0.3) is 5.76 Å². The summed E-state index contributed by atoms with van der Waals surface area (Å²) >= 11 is 0. The van der Waals surface area contributed by atoms with E-state index in [9.17, 15) is 14.7 Å². The lowest BCUT2D eigenvalue weighted by molar-refractivity contribution is -0.140. The fourth-order valence-corrected chi connectivity index (χ4v) is 3.91. The summed E-state index contributed by atoms with van der Waals surface area (Å²) in [5.41, 5.74) is 2.22. The molecule has 2 heterocycles. The summed E-state index contributed by atoms with van der Waals surface area (Å²) in [7, 11) is 3.80. The first-order valence-electron chi connectivity index (χ1n) is 11.1. The Labute approximate surface area is 198 Å². The van der Waals surface area contributed by atoms with Gasteiger partial charge >= 0.3 is 0 Å². The molecule has 0 unspecified atom stereocenters. The summed E-state index contributed by atoms with van der Waals surface area (Å²) < 4.78 is 5.81. The number of likely N-dealkylation sites (tertiary alicyclic amines) is 1. The van der Waals surface area contributed by atoms with Gasteiger partial charge in [-0.25, -0.2) is 0 Å². The van der Waals surface area contributed by atoms with Crippen molar-refractivity contribution >= 4 is 17.4 Å². The van der Waals surface area contributed by atoms with Crippen LogP contribution < -0.4 is 4.74 Å². The van der Waals surface area contributed by atoms with Gasteiger partial charge in [0, 0.05) is 31.0 Å². The van der Waals surface area contributed by atoms with Crippen molar-refractivity contribution in [3.63, 3.8) is 0 Å². The maximum atomic E-state index is 13.0. The number of aliphatic hydroxyl groups excluding tert-OH is 1. The predicted molar refractivity (Wildman–Crippen MR) is 129 cm³/mol. The van der Waals surface area contributed by atoms with Crippen molar-refractivity contribution in [3.05, 3.63) is 101 Å². The van der Waals surface area contributed by atoms with Gasteiger partial charge < -0.3 is 19.6 Å². The van der Waals surface area contributed by atoms with Crippen LogP contribution in [0.5, 0.6) is 5.75 Å². The van der Waals surface area contributed by atoms with Gasteiger partial charge in [-0.3, -0.25) is 14.6 Å². The lowest BCUT2D eigenvalue weighted by Crippen LogP contribution is -2.35. The van der Waals surface area contributed by atoms with Gasteiger partial charge in [0.15, 0.2) is 0 Å². The fourth-order valence-electron chi connectivity index (χ4n) is 3.91. The molecule has 7 nitrogen and oxygen atoms in total. The summed E-state index contributed by atoms with van der Waals surface area (Å²) in [5.74, 6) is -0.903. The van der Waals surface area contributed by atoms with Gasteiger partial charge in [0.2, 0.25) is 0 Å². The molecule has 2 aromatic carbocycles. The molecular formula is C27H27N3O4. The van der Waals surface area contributed by atoms with Crippen molar-refractivity contribution < 1.29 is 19.4 Å². The first-order chi connectivity index (χ1) is 16.5. The number of amides is 1. The van der Waals surface area contributed by atoms with E-state index in [1.807, 2.05) is 49.3 Å². The number of nitrogens with zero attached hydrogens (tertiary/aromatic N) is 3. The van der Waals surface area contributed by atoms with E-state index in [0.29, 0.717) is 36.6 Å². The van der Waals surface area contributed by atoms with Gasteiger partial charge in [-0.1, -0.05) is 36.4 Å². The lowest BCUT2D eigenvalue weighted by Gasteiger charge is -2.26. The van der Waals surface area contributed by atoms with Gasteiger partial charge in [-0.2, -0.15) is 0 Å². The summed E-state index contributed by atoms with van der Waals surface area (Å²) in [6, 6.07) is 19.5. The molecule has 3 aromatic rings. The van der Waals surface area contributed by atoms with Crippen molar-refractivity contribution in [1.82, 2.24) is 14.8 Å². The number of likely N-dealkylation sites (N-methyl/N-ethyl adjacent to an activating group) is 1. The third-order valence-corrected chi connectivity index (χ3v) is 5.70. The number of benzene rings is 2. The van der Waals surface area contributed by atoms with Gasteiger partial charge in [0.1, 0.15) is 18.1 Å². The molecular weight excluding hydrogens is 430 g/mol. The summed E-state index contributed by atoms with van der Waals surface area (Å²) in [4.78, 5) is 33.5. The SMILES string of the molecule is CN(C)CCN1C(=O)C(=O)/C(=C(/O)c2ccc(OCc3ccccc3)cc2)[C@H]1c1cccnc1. The average Bonchev–Trinajstić information content (AvgIpc) is 3.12. The Morgan fingerprint density at radius 3 is 2.41 bits per heavy atom. The second-order valence-corrected chi connectivity index (χ2v) is 8.38. The number of rotatable bonds is 8. The number of Topliss-reactive ketones (excluding diaryl/α,β-unsaturated/α-hetero) is 1. The summed E-state index contributed by atoms with van der Waals surface area (Å²) in [6.45, 7) is 1.35. The Morgan fingerprint density at radius 1 is 1.03 bits per heavy atom. The minimum absolute atomic E-state index is 0.0645. The highest BCUT2D eigenvalue weighted by molar-refractivity contribution is 6.46. The van der Waals surface area contributed by atoms with Crippen molar-refractivity contribution in [1.29, 1.82) is 0 Å². The van der Waals surface area contributed by atoms with E-state index < -0.39 is 17.7 Å². The zero-order valence-corrected chi connectivity index (χ0v) is 19.2. The third kappa shape index (κ3) is 5.00. The average molecular weight is 458 g/mol. The minimum Gasteiger partial charge on any atom is -0.507 e. The number of hydrogen-bond donors (Lipinski definition) is 1. The second-order valence-electron chi connectivity index (χ2n) is 8.38. The highest BCUT2D eigenvalue weighted by atomic mass is 16.5. The molecule has 34 heavy (non-hydrogen) atoms. The third-order valence-electron chi connectivity index (χ3n) is 5.70. The zero-order chi connectivity index (χ0) is 24.1. The van der Waals surface area contributed by atoms with Crippen LogP contribution in [-0.4, -0.2) is 58.8 Å². The summed E-state index contributed by atoms with van der Waals surface area (Å²) in [6.07, 6.45) is 3.25. The van der Waals surface area contributed by atoms with Crippen LogP contribution in [0, 0.1) is 0 Å². The number of hydrogen-bond acceptors (Lipinski definition) is 6. The number of ketones is 1. The molecule has 0 radical (unpaired) electrons. The van der Waals surface area contributed by atoms with E-state index in [0.717, 1.165) is 5.56 Å². The van der Waals surface area contributed by atoms with E-state index in [1.165, 1.54) is 4.90 Å². The molecule has 0 aliphatic carbocycles. The maximum Gasteiger partial charge on any atom is 0.295 e. The number of ether oxygens (including phenoxy) is 1. The molecule has 4 rings (SSSR count). The van der Waals surface area contributed by atoms with Crippen LogP contribution in [0.2, 0.25) is 0 Å². The topological polar surface area (TPSA) is 83.0 Å². The van der Waals surface area contributed by atoms with Gasteiger partial charge in [0.25, 0.3) is 11.7 Å². The van der Waals surface area contributed by atoms with Crippen LogP contribution >= 0.6 is 0 Å². The van der Waals surface area contributed by atoms with Gasteiger partial charge in [0.05, 0.1) is 11.6 Å². The molecule has 1 atom stereocenters. The molecule has 1 saturated heterocycles. The predicted octanol–water partition coefficient (Wildman–Crippen LogP) is 3.64. The first-order valence-corrected chi connectivity index (χ1v) is 11.1. The minimum atomic E-state index is -0.706. The van der Waals surface area contributed by atoms with Crippen molar-refractivity contribution in [2.75, 3.05) is 27.2 Å². The largest absolute Gasteiger partial charge is 0.507 e. The molecule has 1 aliphatic heterocycles. The van der Waals surface area contributed by atoms with Crippen molar-refractivity contribution in [2.24, 2.45) is 0 Å². The van der Waals surface area contributed by atoms with Crippen molar-refractivity contribution in [3.8, 4) is 5.75 Å². The van der Waals surface area contributed by atoms with E-state index in [4.69, 9.17) is 4.74 Å². The Kier molecular flexibility index (Phi) is 7.04. The van der Waals surface area contributed by atoms with E-state index in [2.05, 4.69) is 4.98 Å². The van der Waals surface area contributed by atoms with Gasteiger partial charge in [-0.05, 0) is 55.6 Å². The Morgan fingerprint density at radius 2 is 1.76 bits per heavy atom. The number of pyridine rings is 1. The van der Waals surface area contributed by atoms with Gasteiger partial charge in [-0.15, -0.1) is 0 Å². The molecule has 1 aromatic heterocycles. The van der Waals surface area contributed by atoms with Crippen molar-refractivity contribution in [2.45, 2.75) is 12.6 Å². The lowest BCUT2D eigenvalue weighted by atomic mass is 9.96. The quantitative estimate of drug-likeness (QED) is 0.316. The Balaban J connectivity index is 1.63. The normalized spacial score (nSPS) is 17.4. The standard InChI is InChI=1S/C27H27N3O4/c1-29(2)15-16-30-24(21-9-6-14-28-17-21)23(26(32)27(30)33)25(31)20-10-12-22(13-11-20)34-18-19-7-4-3-5-8-19/h3-14,17,24,31H,15-16,18H2,1-2H3/b25-23+/t24-/m1/s1. The van der Waals surface area contributed by atoms with Crippen LogP contribution in [0.3, 0.4) is 0 Å². The summed E-state index contributed by atoms with van der Waals surface area (Å²) in [5, 5.41) is 11.1. The molecule has 0 saturated carbocycles.